The topological polar surface area (TPSA) is 94.5 Å². The third-order valence-electron chi connectivity index (χ3n) is 5.00. The molecule has 0 aliphatic heterocycles. The fourth-order valence-corrected chi connectivity index (χ4v) is 3.48. The zero-order valence-corrected chi connectivity index (χ0v) is 18.3. The summed E-state index contributed by atoms with van der Waals surface area (Å²) in [5, 5.41) is 17.9. The Morgan fingerprint density at radius 3 is 1.56 bits per heavy atom. The lowest BCUT2D eigenvalue weighted by molar-refractivity contribution is -0.111. The number of allylic oxidation sites excluding steroid dienone is 2. The fraction of sp³-hybridized carbons (Fsp3) is 0.320. The van der Waals surface area contributed by atoms with Crippen molar-refractivity contribution >= 4 is 17.9 Å². The predicted molar refractivity (Wildman–Crippen MR) is 121 cm³/mol. The van der Waals surface area contributed by atoms with Gasteiger partial charge in [-0.2, -0.15) is 0 Å². The van der Waals surface area contributed by atoms with Crippen LogP contribution in [0.3, 0.4) is 0 Å². The van der Waals surface area contributed by atoms with Gasteiger partial charge in [-0.05, 0) is 60.4 Å². The van der Waals surface area contributed by atoms with E-state index in [1.165, 1.54) is 0 Å². The summed E-state index contributed by atoms with van der Waals surface area (Å²) in [5.41, 5.74) is 3.15. The summed E-state index contributed by atoms with van der Waals surface area (Å²) < 4.78 is 21.6. The standard InChI is InChI=1S/C25H28O7/c1-29-23-15-17(3-7-21(23)31-11-9-26)13-19-5-6-20(25(19)28)14-18-4-8-22(32-12-10-27)24(16-18)30-2/h3-4,7-8,13-16,26-27H,5-6,9-12H2,1-2H3/b19-13-,20-14-. The van der Waals surface area contributed by atoms with Crippen LogP contribution >= 0.6 is 0 Å². The Balaban J connectivity index is 1.78. The number of benzene rings is 2. The van der Waals surface area contributed by atoms with Crippen LogP contribution in [-0.4, -0.2) is 56.6 Å². The molecule has 0 spiro atoms. The number of aliphatic hydroxyl groups excluding tert-OH is 2. The maximum atomic E-state index is 12.9. The van der Waals surface area contributed by atoms with Crippen LogP contribution in [0.5, 0.6) is 23.0 Å². The van der Waals surface area contributed by atoms with Gasteiger partial charge in [-0.3, -0.25) is 4.79 Å². The van der Waals surface area contributed by atoms with Crippen molar-refractivity contribution in [3.63, 3.8) is 0 Å². The average Bonchev–Trinajstić information content (AvgIpc) is 3.15. The van der Waals surface area contributed by atoms with Crippen molar-refractivity contribution in [1.29, 1.82) is 0 Å². The number of hydrogen-bond acceptors (Lipinski definition) is 7. The SMILES string of the molecule is COc1cc(/C=C2/CC/C(=C/c3ccc(OCCO)c(OC)c3)C2=O)ccc1OCCO. The molecular weight excluding hydrogens is 412 g/mol. The van der Waals surface area contributed by atoms with Crippen LogP contribution in [0.4, 0.5) is 0 Å². The van der Waals surface area contributed by atoms with E-state index in [1.807, 2.05) is 36.4 Å². The summed E-state index contributed by atoms with van der Waals surface area (Å²) in [4.78, 5) is 12.9. The molecule has 0 amide bonds. The summed E-state index contributed by atoms with van der Waals surface area (Å²) in [7, 11) is 3.10. The molecule has 1 aliphatic rings. The van der Waals surface area contributed by atoms with Gasteiger partial charge < -0.3 is 29.2 Å². The highest BCUT2D eigenvalue weighted by molar-refractivity contribution is 6.15. The van der Waals surface area contributed by atoms with Gasteiger partial charge in [0.1, 0.15) is 13.2 Å². The lowest BCUT2D eigenvalue weighted by atomic mass is 10.1. The van der Waals surface area contributed by atoms with Gasteiger partial charge in [0.15, 0.2) is 28.8 Å². The van der Waals surface area contributed by atoms with Crippen LogP contribution in [0.1, 0.15) is 24.0 Å². The van der Waals surface area contributed by atoms with Crippen LogP contribution in [0.15, 0.2) is 47.5 Å². The van der Waals surface area contributed by atoms with Crippen LogP contribution in [0, 0.1) is 0 Å². The van der Waals surface area contributed by atoms with Crippen molar-refractivity contribution < 1.29 is 34.0 Å². The van der Waals surface area contributed by atoms with Crippen LogP contribution in [-0.2, 0) is 4.79 Å². The summed E-state index contributed by atoms with van der Waals surface area (Å²) in [6.45, 7) is 0.206. The zero-order valence-electron chi connectivity index (χ0n) is 18.3. The molecule has 1 saturated carbocycles. The van der Waals surface area contributed by atoms with Gasteiger partial charge in [0, 0.05) is 11.1 Å². The zero-order chi connectivity index (χ0) is 22.9. The van der Waals surface area contributed by atoms with E-state index in [0.29, 0.717) is 35.8 Å². The lowest BCUT2D eigenvalue weighted by Gasteiger charge is -2.10. The van der Waals surface area contributed by atoms with E-state index >= 15 is 0 Å². The second-order valence-corrected chi connectivity index (χ2v) is 7.13. The number of carbonyl (C=O) groups is 1. The molecule has 32 heavy (non-hydrogen) atoms. The molecule has 0 atom stereocenters. The molecule has 7 heteroatoms. The number of rotatable bonds is 10. The molecule has 170 valence electrons. The molecule has 3 rings (SSSR count). The first kappa shape index (κ1) is 23.4. The smallest absolute Gasteiger partial charge is 0.185 e. The molecule has 0 aromatic heterocycles. The quantitative estimate of drug-likeness (QED) is 0.548. The molecule has 0 unspecified atom stereocenters. The predicted octanol–water partition coefficient (Wildman–Crippen LogP) is 3.28. The van der Waals surface area contributed by atoms with E-state index in [1.54, 1.807) is 26.4 Å². The number of methoxy groups -OCH3 is 2. The number of hydrogen-bond donors (Lipinski definition) is 2. The molecule has 0 radical (unpaired) electrons. The largest absolute Gasteiger partial charge is 0.493 e. The van der Waals surface area contributed by atoms with Crippen molar-refractivity contribution in [1.82, 2.24) is 0 Å². The molecule has 7 nitrogen and oxygen atoms in total. The van der Waals surface area contributed by atoms with Gasteiger partial charge in [-0.25, -0.2) is 0 Å². The van der Waals surface area contributed by atoms with Gasteiger partial charge in [-0.1, -0.05) is 12.1 Å². The third-order valence-corrected chi connectivity index (χ3v) is 5.00. The van der Waals surface area contributed by atoms with E-state index in [-0.39, 0.29) is 32.2 Å². The van der Waals surface area contributed by atoms with Crippen molar-refractivity contribution in [2.24, 2.45) is 0 Å². The number of aliphatic hydroxyl groups is 2. The summed E-state index contributed by atoms with van der Waals surface area (Å²) in [6, 6.07) is 10.9. The highest BCUT2D eigenvalue weighted by Crippen LogP contribution is 2.34. The highest BCUT2D eigenvalue weighted by atomic mass is 16.5. The van der Waals surface area contributed by atoms with Gasteiger partial charge in [0.05, 0.1) is 27.4 Å². The maximum Gasteiger partial charge on any atom is 0.185 e. The molecule has 2 N–H and O–H groups in total. The molecular formula is C25H28O7. The Bertz CT molecular complexity index is 928. The van der Waals surface area contributed by atoms with Crippen molar-refractivity contribution in [3.05, 3.63) is 58.7 Å². The van der Waals surface area contributed by atoms with Crippen LogP contribution < -0.4 is 18.9 Å². The Hall–Kier alpha value is -3.29. The van der Waals surface area contributed by atoms with Gasteiger partial charge >= 0.3 is 0 Å². The third kappa shape index (κ3) is 5.69. The van der Waals surface area contributed by atoms with Gasteiger partial charge in [0.2, 0.25) is 0 Å². The minimum Gasteiger partial charge on any atom is -0.493 e. The molecule has 0 bridgehead atoms. The van der Waals surface area contributed by atoms with Gasteiger partial charge in [-0.15, -0.1) is 0 Å². The minimum atomic E-state index is -0.0805. The average molecular weight is 440 g/mol. The molecule has 1 aliphatic carbocycles. The minimum absolute atomic E-state index is 0.0177. The molecule has 0 saturated heterocycles. The summed E-state index contributed by atoms with van der Waals surface area (Å²) in [5.74, 6) is 2.20. The highest BCUT2D eigenvalue weighted by Gasteiger charge is 2.23. The lowest BCUT2D eigenvalue weighted by Crippen LogP contribution is -2.03. The van der Waals surface area contributed by atoms with E-state index in [4.69, 9.17) is 29.2 Å². The first-order valence-corrected chi connectivity index (χ1v) is 10.4. The Kier molecular flexibility index (Phi) is 8.30. The Morgan fingerprint density at radius 2 is 1.19 bits per heavy atom. The van der Waals surface area contributed by atoms with Gasteiger partial charge in [0.25, 0.3) is 0 Å². The monoisotopic (exact) mass is 440 g/mol. The van der Waals surface area contributed by atoms with Crippen molar-refractivity contribution in [2.45, 2.75) is 12.8 Å². The number of ether oxygens (including phenoxy) is 4. The van der Waals surface area contributed by atoms with E-state index in [9.17, 15) is 4.79 Å². The maximum absolute atomic E-state index is 12.9. The molecule has 1 fully saturated rings. The summed E-state index contributed by atoms with van der Waals surface area (Å²) in [6.07, 6.45) is 5.05. The number of Topliss-reactive ketones (excluding diaryl/α,β-unsaturated/α-hetero) is 1. The van der Waals surface area contributed by atoms with E-state index in [2.05, 4.69) is 0 Å². The Morgan fingerprint density at radius 1 is 0.750 bits per heavy atom. The van der Waals surface area contributed by atoms with Crippen molar-refractivity contribution in [3.8, 4) is 23.0 Å². The fourth-order valence-electron chi connectivity index (χ4n) is 3.48. The molecule has 0 heterocycles. The second kappa shape index (κ2) is 11.4. The normalized spacial score (nSPS) is 15.9. The number of ketones is 1. The first-order chi connectivity index (χ1) is 15.6. The Labute approximate surface area is 187 Å². The first-order valence-electron chi connectivity index (χ1n) is 10.4. The molecule has 2 aromatic carbocycles. The molecule has 2 aromatic rings. The van der Waals surface area contributed by atoms with E-state index < -0.39 is 0 Å². The second-order valence-electron chi connectivity index (χ2n) is 7.13. The van der Waals surface area contributed by atoms with E-state index in [0.717, 1.165) is 22.3 Å². The van der Waals surface area contributed by atoms with Crippen LogP contribution in [0.25, 0.3) is 12.2 Å². The summed E-state index contributed by atoms with van der Waals surface area (Å²) >= 11 is 0. The van der Waals surface area contributed by atoms with Crippen LogP contribution in [0.2, 0.25) is 0 Å². The van der Waals surface area contributed by atoms with Crippen molar-refractivity contribution in [2.75, 3.05) is 40.6 Å². The number of carbonyl (C=O) groups excluding carboxylic acids is 1.